The van der Waals surface area contributed by atoms with E-state index in [4.69, 9.17) is 5.73 Å². The summed E-state index contributed by atoms with van der Waals surface area (Å²) >= 11 is 0. The molecule has 19 heavy (non-hydrogen) atoms. The Hall–Kier alpha value is -1.45. The fraction of sp³-hybridized carbons (Fsp3) is 0.600. The normalized spacial score (nSPS) is 11.5. The smallest absolute Gasteiger partial charge is 0.271 e. The third kappa shape index (κ3) is 6.32. The number of sulfonamides is 1. The third-order valence-corrected chi connectivity index (χ3v) is 2.99. The lowest BCUT2D eigenvalue weighted by Gasteiger charge is -2.03. The molecule has 0 fully saturated rings. The molecule has 0 aliphatic heterocycles. The zero-order chi connectivity index (χ0) is 14.3. The van der Waals surface area contributed by atoms with Crippen LogP contribution >= 0.6 is 0 Å². The molecule has 0 atom stereocenters. The summed E-state index contributed by atoms with van der Waals surface area (Å²) in [6.45, 7) is 1.76. The van der Waals surface area contributed by atoms with Crippen molar-refractivity contribution in [1.82, 2.24) is 19.6 Å². The van der Waals surface area contributed by atoms with E-state index in [1.165, 1.54) is 0 Å². The van der Waals surface area contributed by atoms with Crippen LogP contribution in [0.4, 0.5) is 0 Å². The molecule has 0 spiro atoms. The van der Waals surface area contributed by atoms with Gasteiger partial charge in [0.05, 0.1) is 12.6 Å². The van der Waals surface area contributed by atoms with Crippen LogP contribution in [-0.4, -0.2) is 49.8 Å². The summed E-state index contributed by atoms with van der Waals surface area (Å²) in [4.78, 5) is 15.6. The van der Waals surface area contributed by atoms with E-state index in [1.807, 2.05) is 0 Å². The number of nitrogens with zero attached hydrogens (tertiary/aromatic N) is 2. The Morgan fingerprint density at radius 3 is 2.84 bits per heavy atom. The summed E-state index contributed by atoms with van der Waals surface area (Å²) in [6, 6.07) is 0. The van der Waals surface area contributed by atoms with E-state index in [0.29, 0.717) is 38.3 Å². The van der Waals surface area contributed by atoms with Gasteiger partial charge in [0, 0.05) is 32.4 Å². The van der Waals surface area contributed by atoms with Crippen LogP contribution in [0, 0.1) is 0 Å². The number of carbonyl (C=O) groups excluding carboxylic acids is 1. The molecule has 0 bridgehead atoms. The van der Waals surface area contributed by atoms with Gasteiger partial charge in [-0.2, -0.15) is 0 Å². The molecule has 0 saturated carbocycles. The van der Waals surface area contributed by atoms with Crippen molar-refractivity contribution in [2.45, 2.75) is 13.0 Å². The Morgan fingerprint density at radius 2 is 2.21 bits per heavy atom. The summed E-state index contributed by atoms with van der Waals surface area (Å²) < 4.78 is 25.7. The van der Waals surface area contributed by atoms with Gasteiger partial charge in [0.1, 0.15) is 5.69 Å². The average Bonchev–Trinajstić information content (AvgIpc) is 2.76. The molecule has 1 rings (SSSR count). The Balaban J connectivity index is 2.27. The number of aromatic nitrogens is 2. The van der Waals surface area contributed by atoms with Crippen LogP contribution in [0.3, 0.4) is 0 Å². The zero-order valence-electron chi connectivity index (χ0n) is 10.8. The highest BCUT2D eigenvalue weighted by Crippen LogP contribution is 1.95. The Bertz CT molecular complexity index is 511. The molecule has 0 aliphatic rings. The standard InChI is InChI=1S/C10H19N5O3S/c1-19(17,18)14-5-2-4-12-10(16)9-7-15(6-3-11)8-13-9/h7-8,14H,2-6,11H2,1H3,(H,12,16). The van der Waals surface area contributed by atoms with E-state index in [1.54, 1.807) is 17.1 Å². The highest BCUT2D eigenvalue weighted by atomic mass is 32.2. The summed E-state index contributed by atoms with van der Waals surface area (Å²) in [5.74, 6) is -0.282. The lowest BCUT2D eigenvalue weighted by molar-refractivity contribution is 0.0949. The molecule has 0 saturated heterocycles. The van der Waals surface area contributed by atoms with Crippen molar-refractivity contribution < 1.29 is 13.2 Å². The van der Waals surface area contributed by atoms with E-state index in [9.17, 15) is 13.2 Å². The van der Waals surface area contributed by atoms with Crippen LogP contribution in [-0.2, 0) is 16.6 Å². The molecule has 1 aromatic heterocycles. The first kappa shape index (κ1) is 15.6. The number of carbonyl (C=O) groups is 1. The molecular formula is C10H19N5O3S. The lowest BCUT2D eigenvalue weighted by atomic mass is 10.4. The van der Waals surface area contributed by atoms with E-state index >= 15 is 0 Å². The van der Waals surface area contributed by atoms with Gasteiger partial charge >= 0.3 is 0 Å². The number of amides is 1. The van der Waals surface area contributed by atoms with Crippen molar-refractivity contribution in [1.29, 1.82) is 0 Å². The van der Waals surface area contributed by atoms with Gasteiger partial charge in [-0.25, -0.2) is 18.1 Å². The minimum absolute atomic E-state index is 0.282. The molecule has 0 aromatic carbocycles. The first-order valence-electron chi connectivity index (χ1n) is 5.87. The van der Waals surface area contributed by atoms with Gasteiger partial charge < -0.3 is 15.6 Å². The molecule has 0 radical (unpaired) electrons. The second-order valence-electron chi connectivity index (χ2n) is 4.06. The molecule has 9 heteroatoms. The monoisotopic (exact) mass is 289 g/mol. The average molecular weight is 289 g/mol. The van der Waals surface area contributed by atoms with Crippen LogP contribution in [0.1, 0.15) is 16.9 Å². The summed E-state index contributed by atoms with van der Waals surface area (Å²) in [5, 5.41) is 2.66. The van der Waals surface area contributed by atoms with Gasteiger partial charge in [0.15, 0.2) is 0 Å². The second kappa shape index (κ2) is 7.22. The van der Waals surface area contributed by atoms with Gasteiger partial charge in [-0.15, -0.1) is 0 Å². The first-order valence-corrected chi connectivity index (χ1v) is 7.76. The second-order valence-corrected chi connectivity index (χ2v) is 5.89. The number of rotatable bonds is 8. The number of hydrogen-bond acceptors (Lipinski definition) is 5. The number of imidazole rings is 1. The minimum atomic E-state index is -3.17. The van der Waals surface area contributed by atoms with Gasteiger partial charge in [-0.05, 0) is 6.42 Å². The molecule has 0 aliphatic carbocycles. The minimum Gasteiger partial charge on any atom is -0.351 e. The fourth-order valence-electron chi connectivity index (χ4n) is 1.39. The largest absolute Gasteiger partial charge is 0.351 e. The molecule has 0 unspecified atom stereocenters. The van der Waals surface area contributed by atoms with E-state index in [0.717, 1.165) is 6.26 Å². The van der Waals surface area contributed by atoms with Crippen molar-refractivity contribution in [3.05, 3.63) is 18.2 Å². The maximum atomic E-state index is 11.7. The van der Waals surface area contributed by atoms with Crippen molar-refractivity contribution in [3.63, 3.8) is 0 Å². The third-order valence-electron chi connectivity index (χ3n) is 2.26. The zero-order valence-corrected chi connectivity index (χ0v) is 11.6. The van der Waals surface area contributed by atoms with E-state index in [-0.39, 0.29) is 5.91 Å². The predicted octanol–water partition coefficient (Wildman–Crippen LogP) is -1.49. The molecule has 4 N–H and O–H groups in total. The SMILES string of the molecule is CS(=O)(=O)NCCCNC(=O)c1cn(CCN)cn1. The number of nitrogens with one attached hydrogen (secondary N) is 2. The van der Waals surface area contributed by atoms with E-state index in [2.05, 4.69) is 15.0 Å². The fourth-order valence-corrected chi connectivity index (χ4v) is 1.90. The number of hydrogen-bond donors (Lipinski definition) is 3. The van der Waals surface area contributed by atoms with Crippen molar-refractivity contribution in [3.8, 4) is 0 Å². The quantitative estimate of drug-likeness (QED) is 0.504. The molecule has 1 aromatic rings. The first-order chi connectivity index (χ1) is 8.92. The van der Waals surface area contributed by atoms with Crippen molar-refractivity contribution >= 4 is 15.9 Å². The molecule has 1 heterocycles. The highest BCUT2D eigenvalue weighted by Gasteiger charge is 2.08. The Morgan fingerprint density at radius 1 is 1.47 bits per heavy atom. The van der Waals surface area contributed by atoms with Crippen molar-refractivity contribution in [2.24, 2.45) is 5.73 Å². The lowest BCUT2D eigenvalue weighted by Crippen LogP contribution is -2.29. The maximum Gasteiger partial charge on any atom is 0.271 e. The van der Waals surface area contributed by atoms with Crippen LogP contribution in [0.25, 0.3) is 0 Å². The van der Waals surface area contributed by atoms with Crippen molar-refractivity contribution in [2.75, 3.05) is 25.9 Å². The summed E-state index contributed by atoms with van der Waals surface area (Å²) in [7, 11) is -3.17. The molecular weight excluding hydrogens is 270 g/mol. The topological polar surface area (TPSA) is 119 Å². The van der Waals surface area contributed by atoms with Gasteiger partial charge in [0.25, 0.3) is 5.91 Å². The van der Waals surface area contributed by atoms with Crippen LogP contribution in [0.5, 0.6) is 0 Å². The van der Waals surface area contributed by atoms with E-state index < -0.39 is 10.0 Å². The van der Waals surface area contributed by atoms with Crippen LogP contribution in [0.2, 0.25) is 0 Å². The summed E-state index contributed by atoms with van der Waals surface area (Å²) in [5.41, 5.74) is 5.71. The summed E-state index contributed by atoms with van der Waals surface area (Å²) in [6.07, 6.45) is 4.78. The molecule has 1 amide bonds. The molecule has 108 valence electrons. The van der Waals surface area contributed by atoms with Gasteiger partial charge in [-0.3, -0.25) is 4.79 Å². The highest BCUT2D eigenvalue weighted by molar-refractivity contribution is 7.88. The Kier molecular flexibility index (Phi) is 5.93. The Labute approximate surface area is 112 Å². The molecule has 8 nitrogen and oxygen atoms in total. The maximum absolute atomic E-state index is 11.7. The van der Waals surface area contributed by atoms with Gasteiger partial charge in [-0.1, -0.05) is 0 Å². The van der Waals surface area contributed by atoms with Gasteiger partial charge in [0.2, 0.25) is 10.0 Å². The number of nitrogens with two attached hydrogens (primary N) is 1. The van der Waals surface area contributed by atoms with Crippen LogP contribution < -0.4 is 15.8 Å². The van der Waals surface area contributed by atoms with Crippen LogP contribution in [0.15, 0.2) is 12.5 Å². The predicted molar refractivity (Wildman–Crippen MR) is 71.1 cm³/mol.